The zero-order valence-electron chi connectivity index (χ0n) is 9.48. The van der Waals surface area contributed by atoms with Crippen LogP contribution in [-0.2, 0) is 14.3 Å². The molecule has 94 valence electrons. The Kier molecular flexibility index (Phi) is 3.70. The number of nitrogens with one attached hydrogen (secondary N) is 1. The van der Waals surface area contributed by atoms with Gasteiger partial charge >= 0.3 is 6.03 Å². The van der Waals surface area contributed by atoms with E-state index in [0.29, 0.717) is 26.3 Å². The van der Waals surface area contributed by atoms with E-state index in [-0.39, 0.29) is 6.42 Å². The minimum atomic E-state index is -0.612. The predicted octanol–water partition coefficient (Wildman–Crippen LogP) is -1.21. The minimum absolute atomic E-state index is 0.241. The Morgan fingerprint density at radius 3 is 2.47 bits per heavy atom. The summed E-state index contributed by atoms with van der Waals surface area (Å²) in [6.45, 7) is 3.91. The summed E-state index contributed by atoms with van der Waals surface area (Å²) in [6.07, 6.45) is -0.241. The molecule has 2 rings (SSSR count). The molecule has 7 heteroatoms. The highest BCUT2D eigenvalue weighted by molar-refractivity contribution is 6.14. The molecule has 0 atom stereocenters. The highest BCUT2D eigenvalue weighted by atomic mass is 16.5. The van der Waals surface area contributed by atoms with Crippen molar-refractivity contribution >= 4 is 17.8 Å². The number of amides is 4. The lowest BCUT2D eigenvalue weighted by atomic mass is 10.3. The van der Waals surface area contributed by atoms with E-state index >= 15 is 0 Å². The number of imide groups is 2. The van der Waals surface area contributed by atoms with Crippen molar-refractivity contribution in [1.29, 1.82) is 0 Å². The van der Waals surface area contributed by atoms with Crippen LogP contribution in [-0.4, -0.2) is 67.0 Å². The Bertz CT molecular complexity index is 318. The molecule has 2 heterocycles. The van der Waals surface area contributed by atoms with Crippen LogP contribution in [0.2, 0.25) is 0 Å². The van der Waals surface area contributed by atoms with Crippen LogP contribution >= 0.6 is 0 Å². The molecule has 7 nitrogen and oxygen atoms in total. The number of hydrogen-bond acceptors (Lipinski definition) is 5. The number of carbonyl (C=O) groups is 3. The molecule has 0 aromatic carbocycles. The Balaban J connectivity index is 1.83. The molecule has 2 fully saturated rings. The molecule has 0 spiro atoms. The normalized spacial score (nSPS) is 22.8. The summed E-state index contributed by atoms with van der Waals surface area (Å²) in [5.41, 5.74) is 0. The molecule has 0 radical (unpaired) electrons. The quantitative estimate of drug-likeness (QED) is 0.627. The van der Waals surface area contributed by atoms with E-state index in [9.17, 15) is 14.4 Å². The topological polar surface area (TPSA) is 79.0 Å². The number of rotatable bonds is 3. The van der Waals surface area contributed by atoms with Gasteiger partial charge < -0.3 is 4.74 Å². The van der Waals surface area contributed by atoms with E-state index in [4.69, 9.17) is 4.74 Å². The molecule has 0 aliphatic carbocycles. The van der Waals surface area contributed by atoms with Gasteiger partial charge in [-0.2, -0.15) is 0 Å². The van der Waals surface area contributed by atoms with Crippen LogP contribution in [0.25, 0.3) is 0 Å². The molecular weight excluding hydrogens is 226 g/mol. The van der Waals surface area contributed by atoms with E-state index in [1.165, 1.54) is 0 Å². The van der Waals surface area contributed by atoms with Gasteiger partial charge in [0.1, 0.15) is 6.42 Å². The average molecular weight is 241 g/mol. The van der Waals surface area contributed by atoms with Gasteiger partial charge in [0, 0.05) is 26.2 Å². The SMILES string of the molecule is O=C1CC(=O)N(CCN2CCOCC2)C(=O)N1. The number of ether oxygens (including phenoxy) is 1. The molecule has 0 bridgehead atoms. The molecule has 17 heavy (non-hydrogen) atoms. The molecule has 0 saturated carbocycles. The number of morpholine rings is 1. The third kappa shape index (κ3) is 3.01. The Labute approximate surface area is 98.7 Å². The fourth-order valence-electron chi connectivity index (χ4n) is 1.87. The first-order valence-electron chi connectivity index (χ1n) is 5.61. The Morgan fingerprint density at radius 1 is 1.12 bits per heavy atom. The standard InChI is InChI=1S/C10H15N3O4/c14-8-7-9(15)13(10(16)11-8)2-1-12-3-5-17-6-4-12/h1-7H2,(H,11,14,16). The van der Waals surface area contributed by atoms with Crippen LogP contribution in [0.4, 0.5) is 4.79 Å². The van der Waals surface area contributed by atoms with Gasteiger partial charge in [-0.05, 0) is 0 Å². The van der Waals surface area contributed by atoms with Gasteiger partial charge in [-0.1, -0.05) is 0 Å². The smallest absolute Gasteiger partial charge is 0.330 e. The summed E-state index contributed by atoms with van der Waals surface area (Å²) >= 11 is 0. The van der Waals surface area contributed by atoms with Gasteiger partial charge in [0.15, 0.2) is 0 Å². The molecule has 0 aromatic heterocycles. The first-order valence-corrected chi connectivity index (χ1v) is 5.61. The number of barbiturate groups is 1. The monoisotopic (exact) mass is 241 g/mol. The van der Waals surface area contributed by atoms with Crippen molar-refractivity contribution in [2.45, 2.75) is 6.42 Å². The van der Waals surface area contributed by atoms with Crippen LogP contribution in [0.3, 0.4) is 0 Å². The summed E-state index contributed by atoms with van der Waals surface area (Å²) in [5.74, 6) is -0.949. The van der Waals surface area contributed by atoms with Gasteiger partial charge in [0.05, 0.1) is 13.2 Å². The summed E-state index contributed by atoms with van der Waals surface area (Å²) in [4.78, 5) is 37.1. The number of hydrogen-bond donors (Lipinski definition) is 1. The van der Waals surface area contributed by atoms with Crippen molar-refractivity contribution in [2.24, 2.45) is 0 Å². The highest BCUT2D eigenvalue weighted by Crippen LogP contribution is 2.04. The molecule has 2 aliphatic heterocycles. The minimum Gasteiger partial charge on any atom is -0.379 e. The van der Waals surface area contributed by atoms with Crippen molar-refractivity contribution in [3.63, 3.8) is 0 Å². The lowest BCUT2D eigenvalue weighted by Gasteiger charge is -2.30. The first-order chi connectivity index (χ1) is 8.16. The summed E-state index contributed by atoms with van der Waals surface area (Å²) < 4.78 is 5.20. The van der Waals surface area contributed by atoms with E-state index in [0.717, 1.165) is 18.0 Å². The fourth-order valence-corrected chi connectivity index (χ4v) is 1.87. The van der Waals surface area contributed by atoms with Crippen molar-refractivity contribution in [3.8, 4) is 0 Å². The third-order valence-electron chi connectivity index (χ3n) is 2.85. The van der Waals surface area contributed by atoms with Crippen LogP contribution in [0.1, 0.15) is 6.42 Å². The molecule has 0 aromatic rings. The van der Waals surface area contributed by atoms with Gasteiger partial charge in [-0.15, -0.1) is 0 Å². The molecule has 2 aliphatic rings. The van der Waals surface area contributed by atoms with Gasteiger partial charge in [0.2, 0.25) is 11.8 Å². The lowest BCUT2D eigenvalue weighted by Crippen LogP contribution is -2.54. The maximum absolute atomic E-state index is 11.5. The van der Waals surface area contributed by atoms with Crippen molar-refractivity contribution in [2.75, 3.05) is 39.4 Å². The van der Waals surface area contributed by atoms with Crippen LogP contribution in [0, 0.1) is 0 Å². The molecule has 1 N–H and O–H groups in total. The van der Waals surface area contributed by atoms with Crippen molar-refractivity contribution < 1.29 is 19.1 Å². The summed E-state index contributed by atoms with van der Waals surface area (Å²) in [5, 5.41) is 2.13. The lowest BCUT2D eigenvalue weighted by molar-refractivity contribution is -0.136. The van der Waals surface area contributed by atoms with Gasteiger partial charge in [0.25, 0.3) is 0 Å². The second-order valence-corrected chi connectivity index (χ2v) is 4.03. The van der Waals surface area contributed by atoms with Gasteiger partial charge in [-0.3, -0.25) is 24.7 Å². The fraction of sp³-hybridized carbons (Fsp3) is 0.700. The van der Waals surface area contributed by atoms with Crippen LogP contribution < -0.4 is 5.32 Å². The Morgan fingerprint density at radius 2 is 1.82 bits per heavy atom. The van der Waals surface area contributed by atoms with E-state index < -0.39 is 17.8 Å². The van der Waals surface area contributed by atoms with E-state index in [1.54, 1.807) is 0 Å². The molecular formula is C10H15N3O4. The maximum atomic E-state index is 11.5. The van der Waals surface area contributed by atoms with Crippen LogP contribution in [0.15, 0.2) is 0 Å². The highest BCUT2D eigenvalue weighted by Gasteiger charge is 2.30. The van der Waals surface area contributed by atoms with Crippen LogP contribution in [0.5, 0.6) is 0 Å². The van der Waals surface area contributed by atoms with Gasteiger partial charge in [-0.25, -0.2) is 4.79 Å². The number of carbonyl (C=O) groups excluding carboxylic acids is 3. The van der Waals surface area contributed by atoms with E-state index in [2.05, 4.69) is 10.2 Å². The largest absolute Gasteiger partial charge is 0.379 e. The average Bonchev–Trinajstić information content (AvgIpc) is 2.29. The number of urea groups is 1. The number of nitrogens with zero attached hydrogens (tertiary/aromatic N) is 2. The Hall–Kier alpha value is -1.47. The van der Waals surface area contributed by atoms with Crippen molar-refractivity contribution in [3.05, 3.63) is 0 Å². The zero-order valence-corrected chi connectivity index (χ0v) is 9.48. The summed E-state index contributed by atoms with van der Waals surface area (Å²) in [6, 6.07) is -0.612. The zero-order chi connectivity index (χ0) is 12.3. The molecule has 4 amide bonds. The molecule has 2 saturated heterocycles. The van der Waals surface area contributed by atoms with Crippen molar-refractivity contribution in [1.82, 2.24) is 15.1 Å². The van der Waals surface area contributed by atoms with E-state index in [1.807, 2.05) is 0 Å². The summed E-state index contributed by atoms with van der Waals surface area (Å²) in [7, 11) is 0. The third-order valence-corrected chi connectivity index (χ3v) is 2.85. The first kappa shape index (κ1) is 12.0. The second-order valence-electron chi connectivity index (χ2n) is 4.03. The predicted molar refractivity (Wildman–Crippen MR) is 57.1 cm³/mol. The molecule has 0 unspecified atom stereocenters. The maximum Gasteiger partial charge on any atom is 0.330 e. The second kappa shape index (κ2) is 5.24.